The van der Waals surface area contributed by atoms with E-state index in [1.165, 1.54) is 17.5 Å². The smallest absolute Gasteiger partial charge is 0.0872 e. The summed E-state index contributed by atoms with van der Waals surface area (Å²) >= 11 is 0. The number of hydrogen-bond acceptors (Lipinski definition) is 3. The highest BCUT2D eigenvalue weighted by atomic mass is 16.5. The first-order valence-electron chi connectivity index (χ1n) is 7.21. The van der Waals surface area contributed by atoms with Gasteiger partial charge in [-0.2, -0.15) is 0 Å². The summed E-state index contributed by atoms with van der Waals surface area (Å²) in [5.41, 5.74) is 9.27. The largest absolute Gasteiger partial charge is 0.381 e. The Balaban J connectivity index is 1.67. The quantitative estimate of drug-likeness (QED) is 0.904. The molecule has 0 radical (unpaired) electrons. The maximum absolute atomic E-state index is 6.48. The molecular formula is C16H23NO2. The van der Waals surface area contributed by atoms with Crippen LogP contribution in [-0.2, 0) is 15.9 Å². The van der Waals surface area contributed by atoms with Crippen molar-refractivity contribution in [2.75, 3.05) is 20.3 Å². The van der Waals surface area contributed by atoms with Gasteiger partial charge in [0.1, 0.15) is 0 Å². The monoisotopic (exact) mass is 261 g/mol. The first kappa shape index (κ1) is 13.1. The molecule has 0 bridgehead atoms. The van der Waals surface area contributed by atoms with Gasteiger partial charge in [0, 0.05) is 39.2 Å². The first-order valence-corrected chi connectivity index (χ1v) is 7.21. The number of methoxy groups -OCH3 is 1. The van der Waals surface area contributed by atoms with E-state index in [1.807, 2.05) is 0 Å². The maximum Gasteiger partial charge on any atom is 0.0872 e. The van der Waals surface area contributed by atoms with Crippen molar-refractivity contribution in [3.8, 4) is 0 Å². The Hall–Kier alpha value is -0.900. The van der Waals surface area contributed by atoms with Gasteiger partial charge in [-0.3, -0.25) is 0 Å². The first-order chi connectivity index (χ1) is 9.25. The van der Waals surface area contributed by atoms with Crippen LogP contribution in [0.1, 0.15) is 36.3 Å². The van der Waals surface area contributed by atoms with E-state index in [9.17, 15) is 0 Å². The Labute approximate surface area is 115 Å². The van der Waals surface area contributed by atoms with Crippen LogP contribution in [0.2, 0.25) is 0 Å². The van der Waals surface area contributed by atoms with Crippen LogP contribution in [0.15, 0.2) is 24.3 Å². The van der Waals surface area contributed by atoms with Crippen molar-refractivity contribution in [2.24, 2.45) is 5.73 Å². The van der Waals surface area contributed by atoms with Crippen LogP contribution in [0.5, 0.6) is 0 Å². The SMILES string of the molecule is COC1(C(N)CC2Cc3ccccc32)CCOCC1. The summed E-state index contributed by atoms with van der Waals surface area (Å²) in [6, 6.07) is 8.79. The lowest BCUT2D eigenvalue weighted by molar-refractivity contribution is -0.106. The van der Waals surface area contributed by atoms with Gasteiger partial charge in [-0.1, -0.05) is 24.3 Å². The Morgan fingerprint density at radius 2 is 2.11 bits per heavy atom. The molecule has 1 aromatic carbocycles. The Morgan fingerprint density at radius 1 is 1.37 bits per heavy atom. The molecule has 2 unspecified atom stereocenters. The predicted octanol–water partition coefficient (Wildman–Crippen LogP) is 2.24. The van der Waals surface area contributed by atoms with Crippen LogP contribution in [0.3, 0.4) is 0 Å². The summed E-state index contributed by atoms with van der Waals surface area (Å²) in [6.07, 6.45) is 4.02. The topological polar surface area (TPSA) is 44.5 Å². The zero-order chi connectivity index (χ0) is 13.3. The van der Waals surface area contributed by atoms with Gasteiger partial charge in [-0.25, -0.2) is 0 Å². The number of rotatable bonds is 4. The summed E-state index contributed by atoms with van der Waals surface area (Å²) < 4.78 is 11.2. The lowest BCUT2D eigenvalue weighted by atomic mass is 9.71. The Kier molecular flexibility index (Phi) is 3.61. The van der Waals surface area contributed by atoms with Gasteiger partial charge in [0.25, 0.3) is 0 Å². The van der Waals surface area contributed by atoms with Crippen LogP contribution >= 0.6 is 0 Å². The van der Waals surface area contributed by atoms with Crippen LogP contribution in [0.25, 0.3) is 0 Å². The number of nitrogens with two attached hydrogens (primary N) is 1. The van der Waals surface area contributed by atoms with Gasteiger partial charge in [-0.15, -0.1) is 0 Å². The second kappa shape index (κ2) is 5.23. The van der Waals surface area contributed by atoms with Crippen LogP contribution < -0.4 is 5.73 Å². The highest BCUT2D eigenvalue weighted by Crippen LogP contribution is 2.40. The fourth-order valence-electron chi connectivity index (χ4n) is 3.54. The van der Waals surface area contributed by atoms with Gasteiger partial charge in [-0.05, 0) is 29.9 Å². The van der Waals surface area contributed by atoms with Crippen molar-refractivity contribution in [3.63, 3.8) is 0 Å². The van der Waals surface area contributed by atoms with Crippen LogP contribution in [0.4, 0.5) is 0 Å². The number of ether oxygens (including phenoxy) is 2. The molecule has 1 saturated heterocycles. The molecule has 3 nitrogen and oxygen atoms in total. The standard InChI is InChI=1S/C16H23NO2/c1-18-16(6-8-19-9-7-16)15(17)11-13-10-12-4-2-3-5-14(12)13/h2-5,13,15H,6-11,17H2,1H3. The van der Waals surface area contributed by atoms with Crippen molar-refractivity contribution >= 4 is 0 Å². The minimum atomic E-state index is -0.178. The molecule has 2 aliphatic rings. The highest BCUT2D eigenvalue weighted by Gasteiger charge is 2.41. The van der Waals surface area contributed by atoms with Crippen molar-refractivity contribution in [3.05, 3.63) is 35.4 Å². The van der Waals surface area contributed by atoms with E-state index in [0.717, 1.165) is 32.5 Å². The molecule has 1 aromatic rings. The third kappa shape index (κ3) is 2.31. The molecule has 0 spiro atoms. The van der Waals surface area contributed by atoms with E-state index < -0.39 is 0 Å². The fraction of sp³-hybridized carbons (Fsp3) is 0.625. The van der Waals surface area contributed by atoms with E-state index in [-0.39, 0.29) is 11.6 Å². The molecule has 19 heavy (non-hydrogen) atoms. The summed E-state index contributed by atoms with van der Waals surface area (Å²) in [7, 11) is 1.79. The number of fused-ring (bicyclic) bond motifs is 1. The van der Waals surface area contributed by atoms with E-state index in [1.54, 1.807) is 7.11 Å². The second-order valence-corrected chi connectivity index (χ2v) is 5.82. The molecule has 0 amide bonds. The summed E-state index contributed by atoms with van der Waals surface area (Å²) in [5.74, 6) is 0.612. The fourth-order valence-corrected chi connectivity index (χ4v) is 3.54. The average molecular weight is 261 g/mol. The lowest BCUT2D eigenvalue weighted by Gasteiger charge is -2.43. The summed E-state index contributed by atoms with van der Waals surface area (Å²) in [5, 5.41) is 0. The molecule has 1 aliphatic carbocycles. The Bertz CT molecular complexity index is 440. The predicted molar refractivity (Wildman–Crippen MR) is 75.3 cm³/mol. The van der Waals surface area contributed by atoms with Crippen LogP contribution in [0, 0.1) is 0 Å². The minimum absolute atomic E-state index is 0.0970. The maximum atomic E-state index is 6.48. The molecule has 1 aliphatic heterocycles. The zero-order valence-electron chi connectivity index (χ0n) is 11.6. The van der Waals surface area contributed by atoms with E-state index in [2.05, 4.69) is 24.3 Å². The summed E-state index contributed by atoms with van der Waals surface area (Å²) in [4.78, 5) is 0. The summed E-state index contributed by atoms with van der Waals surface area (Å²) in [6.45, 7) is 1.53. The lowest BCUT2D eigenvalue weighted by Crippen LogP contribution is -2.53. The van der Waals surface area contributed by atoms with Crippen molar-refractivity contribution in [1.29, 1.82) is 0 Å². The number of hydrogen-bond donors (Lipinski definition) is 1. The van der Waals surface area contributed by atoms with Gasteiger partial charge >= 0.3 is 0 Å². The molecule has 1 fully saturated rings. The van der Waals surface area contributed by atoms with Crippen molar-refractivity contribution in [1.82, 2.24) is 0 Å². The van der Waals surface area contributed by atoms with Crippen molar-refractivity contribution in [2.45, 2.75) is 43.2 Å². The Morgan fingerprint density at radius 3 is 2.79 bits per heavy atom. The molecule has 3 heteroatoms. The molecule has 2 N–H and O–H groups in total. The van der Waals surface area contributed by atoms with Crippen LogP contribution in [-0.4, -0.2) is 32.0 Å². The molecule has 1 heterocycles. The van der Waals surface area contributed by atoms with E-state index >= 15 is 0 Å². The molecule has 3 rings (SSSR count). The minimum Gasteiger partial charge on any atom is -0.381 e. The second-order valence-electron chi connectivity index (χ2n) is 5.82. The molecule has 2 atom stereocenters. The third-order valence-electron chi connectivity index (χ3n) is 4.92. The van der Waals surface area contributed by atoms with E-state index in [0.29, 0.717) is 5.92 Å². The van der Waals surface area contributed by atoms with Gasteiger partial charge in [0.2, 0.25) is 0 Å². The average Bonchev–Trinajstić information content (AvgIpc) is 2.45. The molecule has 104 valence electrons. The third-order valence-corrected chi connectivity index (χ3v) is 4.92. The van der Waals surface area contributed by atoms with Gasteiger partial charge in [0.15, 0.2) is 0 Å². The zero-order valence-corrected chi connectivity index (χ0v) is 11.6. The highest BCUT2D eigenvalue weighted by molar-refractivity contribution is 5.40. The molecule has 0 aromatic heterocycles. The van der Waals surface area contributed by atoms with E-state index in [4.69, 9.17) is 15.2 Å². The van der Waals surface area contributed by atoms with Crippen molar-refractivity contribution < 1.29 is 9.47 Å². The number of benzene rings is 1. The van der Waals surface area contributed by atoms with Gasteiger partial charge in [0.05, 0.1) is 5.60 Å². The molecular weight excluding hydrogens is 238 g/mol. The molecule has 0 saturated carbocycles. The normalized spacial score (nSPS) is 26.3. The van der Waals surface area contributed by atoms with Gasteiger partial charge < -0.3 is 15.2 Å².